The Kier molecular flexibility index (Phi) is 1.30. The average molecular weight is 101 g/mol. The summed E-state index contributed by atoms with van der Waals surface area (Å²) in [5.41, 5.74) is 0. The molecule has 1 saturated heterocycles. The molecule has 1 heterocycles. The zero-order valence-corrected chi connectivity index (χ0v) is 4.85. The van der Waals surface area contributed by atoms with Gasteiger partial charge in [-0.05, 0) is 14.0 Å². The molecular weight excluding hydrogens is 90.1 g/mol. The van der Waals surface area contributed by atoms with Crippen LogP contribution in [0, 0.1) is 0 Å². The van der Waals surface area contributed by atoms with Gasteiger partial charge in [0.2, 0.25) is 0 Å². The Morgan fingerprint density at radius 3 is 2.57 bits per heavy atom. The number of nitrogens with zero attached hydrogens (tertiary/aromatic N) is 1. The fraction of sp³-hybridized carbons (Fsp3) is 1.00. The van der Waals surface area contributed by atoms with Crippen molar-refractivity contribution in [2.45, 2.75) is 13.0 Å². The molecule has 2 nitrogen and oxygen atoms in total. The number of hydrogen-bond acceptors (Lipinski definition) is 2. The van der Waals surface area contributed by atoms with E-state index >= 15 is 0 Å². The van der Waals surface area contributed by atoms with E-state index in [4.69, 9.17) is 4.74 Å². The summed E-state index contributed by atoms with van der Waals surface area (Å²) in [4.78, 5) is 2.18. The number of ether oxygens (including phenoxy) is 1. The molecule has 2 heteroatoms. The van der Waals surface area contributed by atoms with Gasteiger partial charge in [-0.3, -0.25) is 4.90 Å². The number of likely N-dealkylation sites (N-methyl/N-ethyl adjacent to an activating group) is 1. The van der Waals surface area contributed by atoms with Gasteiger partial charge < -0.3 is 4.74 Å². The smallest absolute Gasteiger partial charge is 0.0991 e. The quantitative estimate of drug-likeness (QED) is 0.435. The first kappa shape index (κ1) is 5.06. The van der Waals surface area contributed by atoms with Crippen molar-refractivity contribution in [3.05, 3.63) is 0 Å². The lowest BCUT2D eigenvalue weighted by molar-refractivity contribution is 0.153. The molecule has 0 aromatic rings. The number of rotatable bonds is 0. The van der Waals surface area contributed by atoms with Crippen LogP contribution in [0.15, 0.2) is 0 Å². The molecule has 1 fully saturated rings. The minimum atomic E-state index is 0.625. The average Bonchev–Trinajstić information content (AvgIpc) is 1.91. The lowest BCUT2D eigenvalue weighted by Gasteiger charge is -2.08. The topological polar surface area (TPSA) is 12.5 Å². The molecule has 0 radical (unpaired) electrons. The van der Waals surface area contributed by atoms with Crippen molar-refractivity contribution in [3.8, 4) is 0 Å². The first-order chi connectivity index (χ1) is 3.30. The maximum atomic E-state index is 5.09. The van der Waals surface area contributed by atoms with Crippen LogP contribution in [0.4, 0.5) is 0 Å². The third kappa shape index (κ3) is 0.924. The molecule has 0 amide bonds. The summed E-state index contributed by atoms with van der Waals surface area (Å²) in [6.45, 7) is 3.87. The summed E-state index contributed by atoms with van der Waals surface area (Å²) in [7, 11) is 2.07. The van der Waals surface area contributed by atoms with Gasteiger partial charge in [-0.1, -0.05) is 0 Å². The molecule has 0 saturated carbocycles. The largest absolute Gasteiger partial charge is 0.364 e. The first-order valence-corrected chi connectivity index (χ1v) is 2.58. The lowest BCUT2D eigenvalue weighted by atomic mass is 10.4. The van der Waals surface area contributed by atoms with Gasteiger partial charge in [-0.2, -0.15) is 0 Å². The highest BCUT2D eigenvalue weighted by atomic mass is 16.5. The molecule has 0 bridgehead atoms. The van der Waals surface area contributed by atoms with Crippen LogP contribution < -0.4 is 0 Å². The second-order valence-corrected chi connectivity index (χ2v) is 2.11. The van der Waals surface area contributed by atoms with Crippen LogP contribution >= 0.6 is 0 Å². The highest BCUT2D eigenvalue weighted by Gasteiger charge is 2.14. The van der Waals surface area contributed by atoms with Gasteiger partial charge >= 0.3 is 0 Å². The van der Waals surface area contributed by atoms with Crippen molar-refractivity contribution in [1.29, 1.82) is 0 Å². The highest BCUT2D eigenvalue weighted by Crippen LogP contribution is 2.03. The molecule has 0 spiro atoms. The Labute approximate surface area is 44.1 Å². The van der Waals surface area contributed by atoms with E-state index < -0.39 is 0 Å². The van der Waals surface area contributed by atoms with Crippen LogP contribution in [-0.4, -0.2) is 31.3 Å². The minimum absolute atomic E-state index is 0.625. The van der Waals surface area contributed by atoms with Gasteiger partial charge in [0, 0.05) is 6.04 Å². The Hall–Kier alpha value is -0.0800. The molecule has 0 N–H and O–H groups in total. The molecule has 0 aliphatic carbocycles. The van der Waals surface area contributed by atoms with E-state index in [1.165, 1.54) is 0 Å². The van der Waals surface area contributed by atoms with E-state index in [-0.39, 0.29) is 0 Å². The third-order valence-electron chi connectivity index (χ3n) is 1.41. The SMILES string of the molecule is C[C@H]1COCN1C. The molecule has 0 unspecified atom stereocenters. The first-order valence-electron chi connectivity index (χ1n) is 2.58. The van der Waals surface area contributed by atoms with E-state index in [0.29, 0.717) is 6.04 Å². The van der Waals surface area contributed by atoms with Crippen molar-refractivity contribution < 1.29 is 4.74 Å². The molecule has 1 atom stereocenters. The number of hydrogen-bond donors (Lipinski definition) is 0. The van der Waals surface area contributed by atoms with E-state index in [1.54, 1.807) is 0 Å². The summed E-state index contributed by atoms with van der Waals surface area (Å²) in [5.74, 6) is 0. The molecule has 1 rings (SSSR count). The van der Waals surface area contributed by atoms with Crippen LogP contribution in [0.5, 0.6) is 0 Å². The normalized spacial score (nSPS) is 34.3. The molecule has 42 valence electrons. The monoisotopic (exact) mass is 101 g/mol. The van der Waals surface area contributed by atoms with Crippen molar-refractivity contribution in [2.24, 2.45) is 0 Å². The highest BCUT2D eigenvalue weighted by molar-refractivity contribution is 4.63. The predicted molar refractivity (Wildman–Crippen MR) is 28.0 cm³/mol. The second kappa shape index (κ2) is 1.80. The zero-order valence-electron chi connectivity index (χ0n) is 4.85. The minimum Gasteiger partial charge on any atom is -0.364 e. The second-order valence-electron chi connectivity index (χ2n) is 2.11. The fourth-order valence-electron chi connectivity index (χ4n) is 0.622. The van der Waals surface area contributed by atoms with Gasteiger partial charge in [0.05, 0.1) is 13.3 Å². The molecular formula is C5H11NO. The maximum Gasteiger partial charge on any atom is 0.0991 e. The van der Waals surface area contributed by atoms with Crippen molar-refractivity contribution in [1.82, 2.24) is 4.90 Å². The summed E-state index contributed by atoms with van der Waals surface area (Å²) in [6, 6.07) is 0.625. The van der Waals surface area contributed by atoms with Gasteiger partial charge in [-0.15, -0.1) is 0 Å². The van der Waals surface area contributed by atoms with Crippen LogP contribution in [0.1, 0.15) is 6.92 Å². The summed E-state index contributed by atoms with van der Waals surface area (Å²) in [6.07, 6.45) is 0. The van der Waals surface area contributed by atoms with Gasteiger partial charge in [0.1, 0.15) is 0 Å². The van der Waals surface area contributed by atoms with Crippen LogP contribution in [-0.2, 0) is 4.74 Å². The lowest BCUT2D eigenvalue weighted by Crippen LogP contribution is -2.22. The van der Waals surface area contributed by atoms with Crippen LogP contribution in [0.25, 0.3) is 0 Å². The summed E-state index contributed by atoms with van der Waals surface area (Å²) in [5, 5.41) is 0. The molecule has 0 aromatic heterocycles. The van der Waals surface area contributed by atoms with E-state index in [2.05, 4.69) is 18.9 Å². The van der Waals surface area contributed by atoms with E-state index in [0.717, 1.165) is 13.3 Å². The third-order valence-corrected chi connectivity index (χ3v) is 1.41. The Bertz CT molecular complexity index is 57.1. The van der Waals surface area contributed by atoms with Crippen LogP contribution in [0.2, 0.25) is 0 Å². The maximum absolute atomic E-state index is 5.09. The summed E-state index contributed by atoms with van der Waals surface area (Å²) >= 11 is 0. The van der Waals surface area contributed by atoms with Crippen LogP contribution in [0.3, 0.4) is 0 Å². The Morgan fingerprint density at radius 1 is 1.71 bits per heavy atom. The van der Waals surface area contributed by atoms with E-state index in [1.807, 2.05) is 0 Å². The molecule has 7 heavy (non-hydrogen) atoms. The van der Waals surface area contributed by atoms with Gasteiger partial charge in [0.25, 0.3) is 0 Å². The Morgan fingerprint density at radius 2 is 2.43 bits per heavy atom. The van der Waals surface area contributed by atoms with Crippen molar-refractivity contribution >= 4 is 0 Å². The van der Waals surface area contributed by atoms with Crippen molar-refractivity contribution in [2.75, 3.05) is 20.4 Å². The molecule has 1 aliphatic heterocycles. The standard InChI is InChI=1S/C5H11NO/c1-5-3-7-4-6(5)2/h5H,3-4H2,1-2H3/t5-/m0/s1. The molecule has 0 aromatic carbocycles. The van der Waals surface area contributed by atoms with Gasteiger partial charge in [0.15, 0.2) is 0 Å². The zero-order chi connectivity index (χ0) is 5.28. The predicted octanol–water partition coefficient (Wildman–Crippen LogP) is 0.294. The Balaban J connectivity index is 2.33. The van der Waals surface area contributed by atoms with E-state index in [9.17, 15) is 0 Å². The molecule has 1 aliphatic rings. The summed E-state index contributed by atoms with van der Waals surface area (Å²) < 4.78 is 5.09. The van der Waals surface area contributed by atoms with Gasteiger partial charge in [-0.25, -0.2) is 0 Å². The fourth-order valence-corrected chi connectivity index (χ4v) is 0.622. The van der Waals surface area contributed by atoms with Crippen molar-refractivity contribution in [3.63, 3.8) is 0 Å².